The van der Waals surface area contributed by atoms with Crippen LogP contribution in [0.25, 0.3) is 22.3 Å². The van der Waals surface area contributed by atoms with Crippen molar-refractivity contribution in [3.05, 3.63) is 155 Å². The molecule has 1 N–H and O–H groups in total. The minimum Gasteiger partial charge on any atom is -0.300 e. The molecular weight excluding hydrogens is 422 g/mol. The maximum atomic E-state index is 8.91. The molecule has 0 heterocycles. The Bertz CT molecular complexity index is 1430. The van der Waals surface area contributed by atoms with Crippen molar-refractivity contribution in [1.82, 2.24) is 0 Å². The molecule has 5 rings (SSSR count). The molecule has 1 nitrogen and oxygen atoms in total. The van der Waals surface area contributed by atoms with Gasteiger partial charge in [0.2, 0.25) is 0 Å². The second-order valence-corrected chi connectivity index (χ2v) is 9.00. The van der Waals surface area contributed by atoms with E-state index in [4.69, 9.17) is 5.41 Å². The highest BCUT2D eigenvalue weighted by atomic mass is 14.4. The lowest BCUT2D eigenvalue weighted by Crippen LogP contribution is -1.99. The number of nitrogens with one attached hydrogen (secondary N) is 1. The minimum absolute atomic E-state index is 0.504. The summed E-state index contributed by atoms with van der Waals surface area (Å²) in [5.74, 6) is 0. The van der Waals surface area contributed by atoms with Crippen molar-refractivity contribution >= 4 is 16.9 Å². The van der Waals surface area contributed by atoms with Gasteiger partial charge in [0.25, 0.3) is 0 Å². The van der Waals surface area contributed by atoms with Crippen molar-refractivity contribution in [2.45, 2.75) is 19.8 Å². The molecule has 4 aromatic rings. The van der Waals surface area contributed by atoms with E-state index < -0.39 is 0 Å². The summed E-state index contributed by atoms with van der Waals surface area (Å²) < 4.78 is 0. The molecule has 0 aromatic heterocycles. The molecule has 1 aliphatic carbocycles. The third kappa shape index (κ3) is 5.31. The van der Waals surface area contributed by atoms with Gasteiger partial charge in [-0.3, -0.25) is 0 Å². The highest BCUT2D eigenvalue weighted by Gasteiger charge is 2.10. The van der Waals surface area contributed by atoms with Gasteiger partial charge in [-0.05, 0) is 76.4 Å². The molecule has 0 aliphatic heterocycles. The molecule has 0 saturated carbocycles. The molecule has 1 heteroatoms. The fraction of sp³-hybridized carbons (Fsp3) is 0.0882. The first-order valence-corrected chi connectivity index (χ1v) is 12.2. The summed E-state index contributed by atoms with van der Waals surface area (Å²) in [7, 11) is 0. The second-order valence-electron chi connectivity index (χ2n) is 9.00. The van der Waals surface area contributed by atoms with Crippen LogP contribution in [-0.4, -0.2) is 5.71 Å². The summed E-state index contributed by atoms with van der Waals surface area (Å²) in [5.41, 5.74) is 10.8. The van der Waals surface area contributed by atoms with Crippen LogP contribution in [0, 0.1) is 12.3 Å². The maximum Gasteiger partial charge on any atom is 0.0618 e. The lowest BCUT2D eigenvalue weighted by Gasteiger charge is -2.12. The Morgan fingerprint density at radius 1 is 0.657 bits per heavy atom. The Balaban J connectivity index is 1.51. The molecule has 0 atom stereocenters. The van der Waals surface area contributed by atoms with E-state index in [0.29, 0.717) is 5.71 Å². The summed E-state index contributed by atoms with van der Waals surface area (Å²) in [6, 6.07) is 35.9. The summed E-state index contributed by atoms with van der Waals surface area (Å²) in [4.78, 5) is 0. The van der Waals surface area contributed by atoms with Gasteiger partial charge >= 0.3 is 0 Å². The molecule has 0 fully saturated rings. The van der Waals surface area contributed by atoms with E-state index in [2.05, 4.69) is 122 Å². The first kappa shape index (κ1) is 22.6. The van der Waals surface area contributed by atoms with Crippen LogP contribution >= 0.6 is 0 Å². The smallest absolute Gasteiger partial charge is 0.0618 e. The Kier molecular flexibility index (Phi) is 6.68. The molecular formula is C34H29N. The van der Waals surface area contributed by atoms with E-state index in [1.807, 2.05) is 12.1 Å². The number of aryl methyl sites for hydroxylation is 1. The highest BCUT2D eigenvalue weighted by Crippen LogP contribution is 2.29. The third-order valence-electron chi connectivity index (χ3n) is 6.42. The standard InChI is InChI=1S/C34H29N/c1-25-10-8-15-30(22-25)31-16-9-17-32(23-31)33(28-13-6-3-7-14-28)24-34(35)29-20-18-27(19-21-29)26-11-4-2-5-12-26/h3-4,6-24,35H,2,5H2,1H3/b33-24-,35-34?. The van der Waals surface area contributed by atoms with E-state index in [-0.39, 0.29) is 0 Å². The SMILES string of the molecule is Cc1cccc(-c2cccc(/C(=C\C(=N)c3ccc(C4=CCCC=C4)cc3)c3ccccc3)c2)c1. The number of benzene rings is 4. The van der Waals surface area contributed by atoms with Crippen molar-refractivity contribution in [2.24, 2.45) is 0 Å². The largest absolute Gasteiger partial charge is 0.300 e. The van der Waals surface area contributed by atoms with Crippen molar-refractivity contribution in [3.8, 4) is 11.1 Å². The molecule has 0 amide bonds. The molecule has 4 aromatic carbocycles. The molecule has 0 bridgehead atoms. The van der Waals surface area contributed by atoms with Crippen LogP contribution in [0.3, 0.4) is 0 Å². The van der Waals surface area contributed by atoms with Crippen molar-refractivity contribution in [3.63, 3.8) is 0 Å². The fourth-order valence-corrected chi connectivity index (χ4v) is 4.54. The predicted molar refractivity (Wildman–Crippen MR) is 150 cm³/mol. The Hall–Kier alpha value is -4.23. The molecule has 35 heavy (non-hydrogen) atoms. The van der Waals surface area contributed by atoms with Crippen LogP contribution in [0.1, 0.15) is 40.7 Å². The zero-order valence-corrected chi connectivity index (χ0v) is 20.0. The molecule has 0 unspecified atom stereocenters. The Morgan fingerprint density at radius 2 is 1.37 bits per heavy atom. The van der Waals surface area contributed by atoms with E-state index in [0.717, 1.165) is 35.1 Å². The monoisotopic (exact) mass is 451 g/mol. The quantitative estimate of drug-likeness (QED) is 0.283. The van der Waals surface area contributed by atoms with Gasteiger partial charge in [0.05, 0.1) is 5.71 Å². The van der Waals surface area contributed by atoms with Gasteiger partial charge < -0.3 is 5.41 Å². The van der Waals surface area contributed by atoms with Gasteiger partial charge in [-0.1, -0.05) is 121 Å². The van der Waals surface area contributed by atoms with Crippen molar-refractivity contribution in [2.75, 3.05) is 0 Å². The number of allylic oxidation sites excluding steroid dienone is 5. The first-order valence-electron chi connectivity index (χ1n) is 12.2. The van der Waals surface area contributed by atoms with E-state index in [9.17, 15) is 0 Å². The average molecular weight is 452 g/mol. The fourth-order valence-electron chi connectivity index (χ4n) is 4.54. The van der Waals surface area contributed by atoms with Crippen LogP contribution in [-0.2, 0) is 0 Å². The van der Waals surface area contributed by atoms with Gasteiger partial charge in [0.15, 0.2) is 0 Å². The maximum absolute atomic E-state index is 8.91. The molecule has 0 radical (unpaired) electrons. The van der Waals surface area contributed by atoms with E-state index in [1.165, 1.54) is 27.8 Å². The second kappa shape index (κ2) is 10.4. The van der Waals surface area contributed by atoms with Crippen molar-refractivity contribution in [1.29, 1.82) is 5.41 Å². The van der Waals surface area contributed by atoms with Gasteiger partial charge in [-0.25, -0.2) is 0 Å². The molecule has 0 spiro atoms. The van der Waals surface area contributed by atoms with Crippen LogP contribution in [0.2, 0.25) is 0 Å². The summed E-state index contributed by atoms with van der Waals surface area (Å²) in [5, 5.41) is 8.91. The topological polar surface area (TPSA) is 23.9 Å². The Morgan fingerprint density at radius 3 is 2.09 bits per heavy atom. The zero-order valence-electron chi connectivity index (χ0n) is 20.0. The number of rotatable bonds is 6. The first-order chi connectivity index (χ1) is 17.2. The highest BCUT2D eigenvalue weighted by molar-refractivity contribution is 6.12. The number of hydrogen-bond donors (Lipinski definition) is 1. The normalized spacial score (nSPS) is 13.4. The van der Waals surface area contributed by atoms with Crippen LogP contribution in [0.5, 0.6) is 0 Å². The van der Waals surface area contributed by atoms with Gasteiger partial charge in [0, 0.05) is 0 Å². The zero-order chi connectivity index (χ0) is 24.0. The molecule has 170 valence electrons. The third-order valence-corrected chi connectivity index (χ3v) is 6.42. The van der Waals surface area contributed by atoms with Crippen LogP contribution < -0.4 is 0 Å². The summed E-state index contributed by atoms with van der Waals surface area (Å²) in [6.45, 7) is 2.12. The van der Waals surface area contributed by atoms with E-state index in [1.54, 1.807) is 0 Å². The lowest BCUT2D eigenvalue weighted by molar-refractivity contribution is 1.04. The molecule has 0 saturated heterocycles. The lowest BCUT2D eigenvalue weighted by atomic mass is 9.92. The van der Waals surface area contributed by atoms with Gasteiger partial charge in [-0.15, -0.1) is 0 Å². The average Bonchev–Trinajstić information content (AvgIpc) is 2.93. The minimum atomic E-state index is 0.504. The Labute approximate surface area is 208 Å². The predicted octanol–water partition coefficient (Wildman–Crippen LogP) is 8.90. The van der Waals surface area contributed by atoms with Gasteiger partial charge in [-0.2, -0.15) is 0 Å². The molecule has 1 aliphatic rings. The summed E-state index contributed by atoms with van der Waals surface area (Å²) >= 11 is 0. The number of hydrogen-bond acceptors (Lipinski definition) is 1. The van der Waals surface area contributed by atoms with Crippen LogP contribution in [0.4, 0.5) is 0 Å². The van der Waals surface area contributed by atoms with Gasteiger partial charge in [0.1, 0.15) is 0 Å². The van der Waals surface area contributed by atoms with Crippen molar-refractivity contribution < 1.29 is 0 Å². The summed E-state index contributed by atoms with van der Waals surface area (Å²) in [6.07, 6.45) is 10.9. The van der Waals surface area contributed by atoms with Crippen LogP contribution in [0.15, 0.2) is 127 Å². The van der Waals surface area contributed by atoms with E-state index >= 15 is 0 Å².